The minimum absolute atomic E-state index is 0.243. The number of carbonyl (C=O) groups excluding carboxylic acids is 2. The molecule has 1 aromatic carbocycles. The summed E-state index contributed by atoms with van der Waals surface area (Å²) in [5.74, 6) is 0.454. The molecule has 3 aromatic rings. The number of nitrogens with zero attached hydrogens (tertiary/aromatic N) is 4. The SMILES string of the molecule is Cc1ccc(-c2cc(C(=O)N3CCC[C@H]3C(=O)Nc3cc(C)on3)nn2C)cc1. The van der Waals surface area contributed by atoms with E-state index in [1.54, 1.807) is 28.6 Å². The Labute approximate surface area is 168 Å². The van der Waals surface area contributed by atoms with Gasteiger partial charge in [0.15, 0.2) is 11.5 Å². The molecule has 1 N–H and O–H groups in total. The van der Waals surface area contributed by atoms with Crippen LogP contribution in [-0.4, -0.2) is 44.2 Å². The van der Waals surface area contributed by atoms with Crippen LogP contribution in [0.4, 0.5) is 5.82 Å². The van der Waals surface area contributed by atoms with Gasteiger partial charge in [-0.2, -0.15) is 5.10 Å². The van der Waals surface area contributed by atoms with Crippen LogP contribution in [0.3, 0.4) is 0 Å². The average Bonchev–Trinajstić information content (AvgIpc) is 3.42. The Kier molecular flexibility index (Phi) is 4.92. The molecule has 2 aromatic heterocycles. The molecule has 8 heteroatoms. The molecule has 1 atom stereocenters. The average molecular weight is 393 g/mol. The number of benzene rings is 1. The van der Waals surface area contributed by atoms with Crippen LogP contribution in [0.15, 0.2) is 40.9 Å². The summed E-state index contributed by atoms with van der Waals surface area (Å²) in [5.41, 5.74) is 3.34. The first-order valence-corrected chi connectivity index (χ1v) is 9.58. The number of carbonyl (C=O) groups is 2. The molecule has 0 bridgehead atoms. The van der Waals surface area contributed by atoms with Gasteiger partial charge in [0.25, 0.3) is 5.91 Å². The molecular formula is C21H23N5O3. The zero-order valence-electron chi connectivity index (χ0n) is 16.7. The minimum Gasteiger partial charge on any atom is -0.360 e. The van der Waals surface area contributed by atoms with Gasteiger partial charge in [0.1, 0.15) is 11.8 Å². The van der Waals surface area contributed by atoms with Gasteiger partial charge in [-0.3, -0.25) is 14.3 Å². The van der Waals surface area contributed by atoms with Gasteiger partial charge in [0.2, 0.25) is 5.91 Å². The molecule has 150 valence electrons. The Hall–Kier alpha value is -3.42. The number of hydrogen-bond acceptors (Lipinski definition) is 5. The van der Waals surface area contributed by atoms with Gasteiger partial charge in [-0.25, -0.2) is 0 Å². The van der Waals surface area contributed by atoms with E-state index in [9.17, 15) is 9.59 Å². The zero-order chi connectivity index (χ0) is 20.5. The van der Waals surface area contributed by atoms with Crippen LogP contribution >= 0.6 is 0 Å². The fourth-order valence-electron chi connectivity index (χ4n) is 3.63. The van der Waals surface area contributed by atoms with E-state index >= 15 is 0 Å². The minimum atomic E-state index is -0.552. The first kappa shape index (κ1) is 18.9. The molecule has 8 nitrogen and oxygen atoms in total. The van der Waals surface area contributed by atoms with Crippen LogP contribution < -0.4 is 5.32 Å². The second kappa shape index (κ2) is 7.54. The molecule has 29 heavy (non-hydrogen) atoms. The standard InChI is InChI=1S/C21H23N5O3/c1-13-6-8-15(9-7-13)18-12-16(23-25(18)3)21(28)26-10-4-5-17(26)20(27)22-19-11-14(2)29-24-19/h6-9,11-12,17H,4-5,10H2,1-3H3,(H,22,24,27)/t17-/m0/s1. The van der Waals surface area contributed by atoms with Crippen molar-refractivity contribution in [2.45, 2.75) is 32.7 Å². The predicted molar refractivity (Wildman–Crippen MR) is 107 cm³/mol. The molecule has 2 amide bonds. The lowest BCUT2D eigenvalue weighted by molar-refractivity contribution is -0.119. The third kappa shape index (κ3) is 3.78. The summed E-state index contributed by atoms with van der Waals surface area (Å²) in [5, 5.41) is 10.9. The van der Waals surface area contributed by atoms with Crippen molar-refractivity contribution in [1.82, 2.24) is 19.8 Å². The molecule has 1 saturated heterocycles. The highest BCUT2D eigenvalue weighted by atomic mass is 16.5. The van der Waals surface area contributed by atoms with Crippen LogP contribution in [0.1, 0.15) is 34.7 Å². The Bertz CT molecular complexity index is 1050. The number of aromatic nitrogens is 3. The maximum absolute atomic E-state index is 13.1. The lowest BCUT2D eigenvalue weighted by Gasteiger charge is -2.22. The number of likely N-dealkylation sites (tertiary alicyclic amines) is 1. The van der Waals surface area contributed by atoms with Gasteiger partial charge < -0.3 is 14.7 Å². The molecule has 1 aliphatic rings. The smallest absolute Gasteiger partial charge is 0.275 e. The molecule has 1 aliphatic heterocycles. The van der Waals surface area contributed by atoms with Gasteiger partial charge in [-0.1, -0.05) is 35.0 Å². The monoisotopic (exact) mass is 393 g/mol. The molecule has 0 saturated carbocycles. The van der Waals surface area contributed by atoms with Crippen LogP contribution in [0.25, 0.3) is 11.3 Å². The molecule has 0 unspecified atom stereocenters. The highest BCUT2D eigenvalue weighted by molar-refractivity contribution is 6.00. The molecule has 4 rings (SSSR count). The molecule has 0 aliphatic carbocycles. The summed E-state index contributed by atoms with van der Waals surface area (Å²) in [4.78, 5) is 27.4. The van der Waals surface area contributed by atoms with Crippen LogP contribution in [-0.2, 0) is 11.8 Å². The summed E-state index contributed by atoms with van der Waals surface area (Å²) in [6.45, 7) is 4.30. The molecule has 1 fully saturated rings. The Morgan fingerprint density at radius 3 is 2.62 bits per heavy atom. The summed E-state index contributed by atoms with van der Waals surface area (Å²) in [6.07, 6.45) is 1.37. The summed E-state index contributed by atoms with van der Waals surface area (Å²) in [7, 11) is 1.81. The van der Waals surface area contributed by atoms with Crippen molar-refractivity contribution in [3.8, 4) is 11.3 Å². The maximum atomic E-state index is 13.1. The number of rotatable bonds is 4. The fourth-order valence-corrected chi connectivity index (χ4v) is 3.63. The number of nitrogens with one attached hydrogen (secondary N) is 1. The molecule has 0 radical (unpaired) electrons. The predicted octanol–water partition coefficient (Wildman–Crippen LogP) is 2.94. The highest BCUT2D eigenvalue weighted by Gasteiger charge is 2.36. The molecular weight excluding hydrogens is 370 g/mol. The first-order valence-electron chi connectivity index (χ1n) is 9.58. The fraction of sp³-hybridized carbons (Fsp3) is 0.333. The van der Waals surface area contributed by atoms with Crippen molar-refractivity contribution >= 4 is 17.6 Å². The van der Waals surface area contributed by atoms with Crippen molar-refractivity contribution in [3.05, 3.63) is 53.4 Å². The van der Waals surface area contributed by atoms with E-state index in [1.807, 2.05) is 38.2 Å². The van der Waals surface area contributed by atoms with Crippen molar-refractivity contribution in [1.29, 1.82) is 0 Å². The Balaban J connectivity index is 1.53. The Morgan fingerprint density at radius 1 is 1.17 bits per heavy atom. The van der Waals surface area contributed by atoms with Gasteiger partial charge in [-0.05, 0) is 38.3 Å². The number of amides is 2. The summed E-state index contributed by atoms with van der Waals surface area (Å²) in [6, 6.07) is 10.9. The first-order chi connectivity index (χ1) is 13.9. The lowest BCUT2D eigenvalue weighted by atomic mass is 10.1. The third-order valence-corrected chi connectivity index (χ3v) is 5.14. The normalized spacial score (nSPS) is 16.2. The largest absolute Gasteiger partial charge is 0.360 e. The van der Waals surface area contributed by atoms with E-state index in [-0.39, 0.29) is 11.8 Å². The Morgan fingerprint density at radius 2 is 1.93 bits per heavy atom. The van der Waals surface area contributed by atoms with E-state index in [0.29, 0.717) is 30.2 Å². The summed E-state index contributed by atoms with van der Waals surface area (Å²) >= 11 is 0. The second-order valence-electron chi connectivity index (χ2n) is 7.37. The highest BCUT2D eigenvalue weighted by Crippen LogP contribution is 2.25. The zero-order valence-corrected chi connectivity index (χ0v) is 16.7. The van der Waals surface area contributed by atoms with Crippen molar-refractivity contribution < 1.29 is 14.1 Å². The topological polar surface area (TPSA) is 93.3 Å². The quantitative estimate of drug-likeness (QED) is 0.736. The van der Waals surface area contributed by atoms with E-state index in [0.717, 1.165) is 17.7 Å². The van der Waals surface area contributed by atoms with Gasteiger partial charge in [0.05, 0.1) is 5.69 Å². The van der Waals surface area contributed by atoms with E-state index < -0.39 is 6.04 Å². The van der Waals surface area contributed by atoms with Crippen molar-refractivity contribution in [2.24, 2.45) is 7.05 Å². The number of hydrogen-bond donors (Lipinski definition) is 1. The maximum Gasteiger partial charge on any atom is 0.275 e. The number of aryl methyl sites for hydroxylation is 3. The lowest BCUT2D eigenvalue weighted by Crippen LogP contribution is -2.43. The van der Waals surface area contributed by atoms with Crippen LogP contribution in [0.5, 0.6) is 0 Å². The van der Waals surface area contributed by atoms with Crippen molar-refractivity contribution in [2.75, 3.05) is 11.9 Å². The third-order valence-electron chi connectivity index (χ3n) is 5.14. The number of anilines is 1. The van der Waals surface area contributed by atoms with Gasteiger partial charge in [0, 0.05) is 19.7 Å². The van der Waals surface area contributed by atoms with E-state index in [4.69, 9.17) is 4.52 Å². The summed E-state index contributed by atoms with van der Waals surface area (Å²) < 4.78 is 6.67. The van der Waals surface area contributed by atoms with Gasteiger partial charge in [-0.15, -0.1) is 0 Å². The van der Waals surface area contributed by atoms with Crippen LogP contribution in [0.2, 0.25) is 0 Å². The molecule has 3 heterocycles. The molecule has 0 spiro atoms. The second-order valence-corrected chi connectivity index (χ2v) is 7.37. The van der Waals surface area contributed by atoms with E-state index in [2.05, 4.69) is 15.6 Å². The van der Waals surface area contributed by atoms with Crippen LogP contribution in [0, 0.1) is 13.8 Å². The van der Waals surface area contributed by atoms with Crippen molar-refractivity contribution in [3.63, 3.8) is 0 Å². The van der Waals surface area contributed by atoms with E-state index in [1.165, 1.54) is 5.56 Å². The van der Waals surface area contributed by atoms with Gasteiger partial charge >= 0.3 is 0 Å².